The lowest BCUT2D eigenvalue weighted by atomic mass is 10.0. The zero-order valence-corrected chi connectivity index (χ0v) is 13.2. The molecule has 0 aromatic heterocycles. The summed E-state index contributed by atoms with van der Waals surface area (Å²) in [5, 5.41) is 8.89. The van der Waals surface area contributed by atoms with E-state index in [4.69, 9.17) is 9.84 Å². The maximum absolute atomic E-state index is 11.7. The highest BCUT2D eigenvalue weighted by molar-refractivity contribution is 9.10. The van der Waals surface area contributed by atoms with Crippen LogP contribution in [-0.2, 0) is 21.1 Å². The molecule has 1 aromatic carbocycles. The van der Waals surface area contributed by atoms with Gasteiger partial charge in [-0.25, -0.2) is 8.42 Å². The summed E-state index contributed by atoms with van der Waals surface area (Å²) in [6, 6.07) is 3.13. The van der Waals surface area contributed by atoms with Gasteiger partial charge in [0.2, 0.25) is 0 Å². The minimum absolute atomic E-state index is 0.0527. The molecule has 0 spiro atoms. The maximum atomic E-state index is 11.7. The molecule has 1 aromatic rings. The summed E-state index contributed by atoms with van der Waals surface area (Å²) >= 11 is 3.24. The molecule has 0 radical (unpaired) electrons. The number of carboxylic acid groups (broad SMARTS) is 1. The summed E-state index contributed by atoms with van der Waals surface area (Å²) in [5.41, 5.74) is 0.628. The number of halogens is 1. The standard InChI is InChI=1S/C12H15BrO5S/c1-7(12(14)15)4-8-5-9(13)11(18-2)10(6-8)19(3,16)17/h5-7H,4H2,1-3H3,(H,14,15). The van der Waals surface area contributed by atoms with Crippen molar-refractivity contribution >= 4 is 31.7 Å². The average Bonchev–Trinajstić information content (AvgIpc) is 2.26. The first-order valence-corrected chi connectivity index (χ1v) is 8.14. The van der Waals surface area contributed by atoms with Crippen molar-refractivity contribution < 1.29 is 23.1 Å². The lowest BCUT2D eigenvalue weighted by Gasteiger charge is -2.13. The molecule has 1 unspecified atom stereocenters. The monoisotopic (exact) mass is 350 g/mol. The zero-order valence-electron chi connectivity index (χ0n) is 10.8. The minimum Gasteiger partial charge on any atom is -0.494 e. The Kier molecular flexibility index (Phi) is 4.98. The molecule has 0 amide bonds. The van der Waals surface area contributed by atoms with Crippen molar-refractivity contribution in [3.8, 4) is 5.75 Å². The molecule has 1 rings (SSSR count). The summed E-state index contributed by atoms with van der Waals surface area (Å²) in [5.74, 6) is -1.28. The molecular formula is C12H15BrO5S. The number of carbonyl (C=O) groups is 1. The van der Waals surface area contributed by atoms with Crippen LogP contribution < -0.4 is 4.74 Å². The highest BCUT2D eigenvalue weighted by Crippen LogP contribution is 2.34. The third kappa shape index (κ3) is 3.94. The van der Waals surface area contributed by atoms with Gasteiger partial charge in [-0.3, -0.25) is 4.79 Å². The van der Waals surface area contributed by atoms with E-state index in [0.29, 0.717) is 10.0 Å². The van der Waals surface area contributed by atoms with E-state index in [1.165, 1.54) is 13.2 Å². The number of ether oxygens (including phenoxy) is 1. The fraction of sp³-hybridized carbons (Fsp3) is 0.417. The summed E-state index contributed by atoms with van der Waals surface area (Å²) in [4.78, 5) is 10.9. The van der Waals surface area contributed by atoms with Gasteiger partial charge in [-0.2, -0.15) is 0 Å². The first-order chi connectivity index (χ1) is 8.66. The van der Waals surface area contributed by atoms with E-state index in [1.54, 1.807) is 13.0 Å². The Balaban J connectivity index is 3.32. The second-order valence-corrected chi connectivity index (χ2v) is 7.16. The Hall–Kier alpha value is -1.08. The second-order valence-electron chi connectivity index (χ2n) is 4.32. The van der Waals surface area contributed by atoms with Gasteiger partial charge in [0.1, 0.15) is 4.90 Å². The molecule has 0 aliphatic carbocycles. The molecular weight excluding hydrogens is 336 g/mol. The Morgan fingerprint density at radius 1 is 1.47 bits per heavy atom. The maximum Gasteiger partial charge on any atom is 0.306 e. The van der Waals surface area contributed by atoms with Crippen LogP contribution in [0.5, 0.6) is 5.75 Å². The van der Waals surface area contributed by atoms with E-state index in [-0.39, 0.29) is 17.1 Å². The molecule has 106 valence electrons. The fourth-order valence-electron chi connectivity index (χ4n) is 1.65. The van der Waals surface area contributed by atoms with Crippen LogP contribution in [0.15, 0.2) is 21.5 Å². The average molecular weight is 351 g/mol. The topological polar surface area (TPSA) is 80.7 Å². The third-order valence-corrected chi connectivity index (χ3v) is 4.33. The van der Waals surface area contributed by atoms with Gasteiger partial charge in [-0.15, -0.1) is 0 Å². The van der Waals surface area contributed by atoms with E-state index in [2.05, 4.69) is 15.9 Å². The summed E-state index contributed by atoms with van der Waals surface area (Å²) in [6.45, 7) is 1.57. The number of rotatable bonds is 5. The molecule has 5 nitrogen and oxygen atoms in total. The summed E-state index contributed by atoms with van der Waals surface area (Å²) < 4.78 is 29.0. The number of sulfone groups is 1. The van der Waals surface area contributed by atoms with Gasteiger partial charge >= 0.3 is 5.97 Å². The van der Waals surface area contributed by atoms with Crippen LogP contribution in [0.1, 0.15) is 12.5 Å². The van der Waals surface area contributed by atoms with Crippen molar-refractivity contribution in [2.45, 2.75) is 18.2 Å². The number of methoxy groups -OCH3 is 1. The summed E-state index contributed by atoms with van der Waals surface area (Å²) in [6.07, 6.45) is 1.34. The Labute approximate surface area is 120 Å². The smallest absolute Gasteiger partial charge is 0.306 e. The lowest BCUT2D eigenvalue weighted by molar-refractivity contribution is -0.141. The number of hydrogen-bond acceptors (Lipinski definition) is 4. The van der Waals surface area contributed by atoms with E-state index >= 15 is 0 Å². The van der Waals surface area contributed by atoms with E-state index in [1.807, 2.05) is 0 Å². The van der Waals surface area contributed by atoms with E-state index in [9.17, 15) is 13.2 Å². The van der Waals surface area contributed by atoms with Gasteiger partial charge in [0.05, 0.1) is 17.5 Å². The fourth-order valence-corrected chi connectivity index (χ4v) is 3.35. The molecule has 1 N–H and O–H groups in total. The molecule has 0 saturated heterocycles. The first-order valence-electron chi connectivity index (χ1n) is 5.46. The first kappa shape index (κ1) is 16.0. The van der Waals surface area contributed by atoms with Crippen molar-refractivity contribution in [1.29, 1.82) is 0 Å². The molecule has 0 aliphatic heterocycles. The van der Waals surface area contributed by atoms with Gasteiger partial charge in [-0.1, -0.05) is 6.92 Å². The van der Waals surface area contributed by atoms with Gasteiger partial charge < -0.3 is 9.84 Å². The van der Waals surface area contributed by atoms with Gasteiger partial charge in [0.25, 0.3) is 0 Å². The van der Waals surface area contributed by atoms with Crippen LogP contribution in [0.25, 0.3) is 0 Å². The normalized spacial score (nSPS) is 13.1. The number of benzene rings is 1. The largest absolute Gasteiger partial charge is 0.494 e. The van der Waals surface area contributed by atoms with E-state index in [0.717, 1.165) is 6.26 Å². The third-order valence-electron chi connectivity index (χ3n) is 2.64. The molecule has 0 heterocycles. The summed E-state index contributed by atoms with van der Waals surface area (Å²) in [7, 11) is -2.07. The Morgan fingerprint density at radius 3 is 2.47 bits per heavy atom. The van der Waals surface area contributed by atoms with Gasteiger partial charge in [0.15, 0.2) is 15.6 Å². The van der Waals surface area contributed by atoms with Crippen LogP contribution in [0, 0.1) is 5.92 Å². The van der Waals surface area contributed by atoms with Crippen LogP contribution in [0.3, 0.4) is 0 Å². The SMILES string of the molecule is COc1c(Br)cc(CC(C)C(=O)O)cc1S(C)(=O)=O. The van der Waals surface area contributed by atoms with E-state index < -0.39 is 21.7 Å². The second kappa shape index (κ2) is 5.92. The molecule has 0 fully saturated rings. The van der Waals surface area contributed by atoms with Crippen molar-refractivity contribution in [3.05, 3.63) is 22.2 Å². The molecule has 19 heavy (non-hydrogen) atoms. The molecule has 0 aliphatic rings. The molecule has 0 bridgehead atoms. The van der Waals surface area contributed by atoms with Gasteiger partial charge in [0, 0.05) is 6.26 Å². The predicted molar refractivity (Wildman–Crippen MR) is 74.3 cm³/mol. The molecule has 7 heteroatoms. The molecule has 0 saturated carbocycles. The van der Waals surface area contributed by atoms with Crippen LogP contribution in [0.2, 0.25) is 0 Å². The quantitative estimate of drug-likeness (QED) is 0.879. The minimum atomic E-state index is -3.45. The highest BCUT2D eigenvalue weighted by atomic mass is 79.9. The van der Waals surface area contributed by atoms with Crippen molar-refractivity contribution in [3.63, 3.8) is 0 Å². The van der Waals surface area contributed by atoms with Crippen molar-refractivity contribution in [2.24, 2.45) is 5.92 Å². The number of hydrogen-bond donors (Lipinski definition) is 1. The van der Waals surface area contributed by atoms with Crippen LogP contribution in [-0.4, -0.2) is 32.9 Å². The zero-order chi connectivity index (χ0) is 14.8. The highest BCUT2D eigenvalue weighted by Gasteiger charge is 2.20. The van der Waals surface area contributed by atoms with Crippen molar-refractivity contribution in [1.82, 2.24) is 0 Å². The Morgan fingerprint density at radius 2 is 2.05 bits per heavy atom. The van der Waals surface area contributed by atoms with Gasteiger partial charge in [-0.05, 0) is 40.0 Å². The number of aliphatic carboxylic acids is 1. The number of carboxylic acids is 1. The molecule has 1 atom stereocenters. The van der Waals surface area contributed by atoms with Crippen LogP contribution >= 0.6 is 15.9 Å². The van der Waals surface area contributed by atoms with Crippen LogP contribution in [0.4, 0.5) is 0 Å². The predicted octanol–water partition coefficient (Wildman–Crippen LogP) is 2.12. The lowest BCUT2D eigenvalue weighted by Crippen LogP contribution is -2.13. The Bertz CT molecular complexity index is 594. The van der Waals surface area contributed by atoms with Crippen molar-refractivity contribution in [2.75, 3.05) is 13.4 Å².